The Morgan fingerprint density at radius 2 is 0.514 bits per heavy atom. The Morgan fingerprint density at radius 3 is 0.676 bits per heavy atom. The van der Waals surface area contributed by atoms with Crippen LogP contribution in [0.2, 0.25) is 0 Å². The minimum Gasteiger partial charge on any atom is -0.481 e. The maximum absolute atomic E-state index is 10.1. The van der Waals surface area contributed by atoms with Crippen LogP contribution in [0, 0.1) is 41.7 Å². The number of aliphatic carboxylic acids is 3. The zero-order valence-electron chi connectivity index (χ0n) is 24.5. The molecule has 0 aromatic carbocycles. The molecule has 0 saturated carbocycles. The molecule has 0 amide bonds. The Morgan fingerprint density at radius 1 is 0.351 bits per heavy atom. The molecule has 0 atom stereocenters. The number of rotatable bonds is 24. The fourth-order valence-electron chi connectivity index (χ4n) is 3.70. The van der Waals surface area contributed by atoms with Crippen molar-refractivity contribution < 1.29 is 71.5 Å². The van der Waals surface area contributed by atoms with E-state index in [1.807, 2.05) is 0 Å². The van der Waals surface area contributed by atoms with Gasteiger partial charge in [-0.15, -0.1) is 0 Å². The molecule has 0 aromatic rings. The van der Waals surface area contributed by atoms with Crippen molar-refractivity contribution in [2.75, 3.05) is 0 Å². The van der Waals surface area contributed by atoms with Gasteiger partial charge in [-0.3, -0.25) is 14.4 Å². The topological polar surface area (TPSA) is 112 Å². The summed E-state index contributed by atoms with van der Waals surface area (Å²) in [6.45, 7) is 6.60. The zero-order valence-corrected chi connectivity index (χ0v) is 27.7. The fourth-order valence-corrected chi connectivity index (χ4v) is 3.70. The molecule has 0 bridgehead atoms. The minimum absolute atomic E-state index is 0. The summed E-state index contributed by atoms with van der Waals surface area (Å²) in [7, 11) is 0. The monoisotopic (exact) mass is 656 g/mol. The van der Waals surface area contributed by atoms with Gasteiger partial charge < -0.3 is 15.3 Å². The molecular weight excluding hydrogens is 596 g/mol. The molecule has 0 aliphatic carbocycles. The van der Waals surface area contributed by atoms with Gasteiger partial charge in [-0.25, -0.2) is 0 Å². The summed E-state index contributed by atoms with van der Waals surface area (Å²) >= 11 is 0. The van der Waals surface area contributed by atoms with Crippen molar-refractivity contribution in [2.24, 2.45) is 0 Å². The third kappa shape index (κ3) is 56.9. The number of hydrogen-bond donors (Lipinski definition) is 3. The van der Waals surface area contributed by atoms with Crippen LogP contribution in [0.15, 0.2) is 0 Å². The second kappa shape index (κ2) is 40.3. The van der Waals surface area contributed by atoms with Gasteiger partial charge in [0.15, 0.2) is 0 Å². The third-order valence-corrected chi connectivity index (χ3v) is 5.98. The van der Waals surface area contributed by atoms with Crippen LogP contribution in [0.3, 0.4) is 0 Å². The second-order valence-corrected chi connectivity index (χ2v) is 9.80. The summed E-state index contributed by atoms with van der Waals surface area (Å²) in [6.07, 6.45) is 25.9. The summed E-state index contributed by atoms with van der Waals surface area (Å²) in [5, 5.41) is 25.1. The Hall–Kier alpha value is -0.213. The van der Waals surface area contributed by atoms with Gasteiger partial charge >= 0.3 is 17.9 Å². The first-order valence-electron chi connectivity index (χ1n) is 15.0. The molecule has 0 rings (SSSR count). The van der Waals surface area contributed by atoms with Crippen molar-refractivity contribution in [3.05, 3.63) is 0 Å². The van der Waals surface area contributed by atoms with Crippen LogP contribution >= 0.6 is 0 Å². The molecule has 0 aromatic heterocycles. The van der Waals surface area contributed by atoms with Crippen LogP contribution in [0.1, 0.15) is 175 Å². The quantitative estimate of drug-likeness (QED) is 0.0892. The van der Waals surface area contributed by atoms with Gasteiger partial charge in [0.05, 0.1) is 0 Å². The van der Waals surface area contributed by atoms with E-state index in [0.717, 1.165) is 38.5 Å². The molecule has 0 aliphatic rings. The molecule has 37 heavy (non-hydrogen) atoms. The van der Waals surface area contributed by atoms with E-state index in [-0.39, 0.29) is 41.7 Å². The Kier molecular flexibility index (Phi) is 47.7. The van der Waals surface area contributed by atoms with Crippen LogP contribution in [-0.4, -0.2) is 33.2 Å². The van der Waals surface area contributed by atoms with Gasteiger partial charge in [-0.05, 0) is 19.3 Å². The van der Waals surface area contributed by atoms with Crippen LogP contribution in [0.4, 0.5) is 0 Å². The van der Waals surface area contributed by atoms with E-state index in [9.17, 15) is 14.4 Å². The van der Waals surface area contributed by atoms with Crippen LogP contribution in [-0.2, 0) is 14.4 Å². The van der Waals surface area contributed by atoms with E-state index in [2.05, 4.69) is 20.8 Å². The SMILES string of the molecule is CCCCCCCCCC(=O)O.CCCCCCCCCC(=O)O.CCCCCCCCCC(=O)O.[Ce]. The molecule has 0 radical (unpaired) electrons. The molecule has 6 nitrogen and oxygen atoms in total. The first-order valence-corrected chi connectivity index (χ1v) is 15.0. The molecule has 0 unspecified atom stereocenters. The number of carboxylic acids is 3. The number of hydrogen-bond acceptors (Lipinski definition) is 3. The average molecular weight is 657 g/mol. The molecule has 0 saturated heterocycles. The largest absolute Gasteiger partial charge is 0.481 e. The molecule has 7 heteroatoms. The fraction of sp³-hybridized carbons (Fsp3) is 0.900. The first-order chi connectivity index (χ1) is 17.3. The van der Waals surface area contributed by atoms with E-state index >= 15 is 0 Å². The van der Waals surface area contributed by atoms with Crippen LogP contribution in [0.25, 0.3) is 0 Å². The maximum Gasteiger partial charge on any atom is 0.303 e. The van der Waals surface area contributed by atoms with Gasteiger partial charge in [0.2, 0.25) is 0 Å². The summed E-state index contributed by atoms with van der Waals surface area (Å²) in [6, 6.07) is 0. The second-order valence-electron chi connectivity index (χ2n) is 9.80. The average Bonchev–Trinajstić information content (AvgIpc) is 2.83. The number of carbonyl (C=O) groups is 3. The van der Waals surface area contributed by atoms with Crippen molar-refractivity contribution in [3.63, 3.8) is 0 Å². The zero-order chi connectivity index (χ0) is 27.7. The maximum atomic E-state index is 10.1. The summed E-state index contributed by atoms with van der Waals surface area (Å²) in [5.74, 6) is -1.99. The standard InChI is InChI=1S/3C10H20O2.Ce/c3*1-2-3-4-5-6-7-8-9-10(11)12;/h3*2-9H2,1H3,(H,11,12);. The van der Waals surface area contributed by atoms with E-state index in [4.69, 9.17) is 15.3 Å². The van der Waals surface area contributed by atoms with Crippen LogP contribution in [0.5, 0.6) is 0 Å². The van der Waals surface area contributed by atoms with Gasteiger partial charge in [0, 0.05) is 61.0 Å². The van der Waals surface area contributed by atoms with Gasteiger partial charge in [-0.2, -0.15) is 0 Å². The normalized spacial score (nSPS) is 9.81. The van der Waals surface area contributed by atoms with Crippen LogP contribution < -0.4 is 0 Å². The Bertz CT molecular complexity index is 404. The van der Waals surface area contributed by atoms with E-state index in [1.165, 1.54) is 96.3 Å². The van der Waals surface area contributed by atoms with Crippen molar-refractivity contribution in [1.29, 1.82) is 0 Å². The van der Waals surface area contributed by atoms with Gasteiger partial charge in [0.25, 0.3) is 0 Å². The Labute approximate surface area is 262 Å². The van der Waals surface area contributed by atoms with E-state index < -0.39 is 17.9 Å². The molecule has 0 fully saturated rings. The molecule has 0 aliphatic heterocycles. The van der Waals surface area contributed by atoms with Crippen molar-refractivity contribution in [1.82, 2.24) is 0 Å². The summed E-state index contributed by atoms with van der Waals surface area (Å²) in [5.41, 5.74) is 0. The molecule has 3 N–H and O–H groups in total. The number of carboxylic acid groups (broad SMARTS) is 3. The smallest absolute Gasteiger partial charge is 0.303 e. The van der Waals surface area contributed by atoms with E-state index in [1.54, 1.807) is 0 Å². The van der Waals surface area contributed by atoms with Crippen molar-refractivity contribution in [2.45, 2.75) is 175 Å². The summed E-state index contributed by atoms with van der Waals surface area (Å²) in [4.78, 5) is 30.4. The Balaban J connectivity index is -0.000000218. The first kappa shape index (κ1) is 43.8. The number of unbranched alkanes of at least 4 members (excludes halogenated alkanes) is 18. The van der Waals surface area contributed by atoms with Gasteiger partial charge in [0.1, 0.15) is 0 Å². The molecule has 0 heterocycles. The molecular formula is C30H60CeO6. The van der Waals surface area contributed by atoms with Gasteiger partial charge in [-0.1, -0.05) is 136 Å². The predicted molar refractivity (Wildman–Crippen MR) is 151 cm³/mol. The third-order valence-electron chi connectivity index (χ3n) is 5.98. The predicted octanol–water partition coefficient (Wildman–Crippen LogP) is 9.64. The summed E-state index contributed by atoms with van der Waals surface area (Å²) < 4.78 is 0. The molecule has 220 valence electrons. The van der Waals surface area contributed by atoms with Crippen molar-refractivity contribution >= 4 is 17.9 Å². The van der Waals surface area contributed by atoms with E-state index in [0.29, 0.717) is 19.3 Å². The van der Waals surface area contributed by atoms with Crippen molar-refractivity contribution in [3.8, 4) is 0 Å². The molecule has 0 spiro atoms. The minimum atomic E-state index is -0.663.